The van der Waals surface area contributed by atoms with Gasteiger partial charge in [0.15, 0.2) is 0 Å². The minimum absolute atomic E-state index is 0.102. The molecule has 3 N–H and O–H groups in total. The Labute approximate surface area is 162 Å². The smallest absolute Gasteiger partial charge is 0.286 e. The number of ether oxygens (including phenoxy) is 1. The summed E-state index contributed by atoms with van der Waals surface area (Å²) < 4.78 is 5.07. The maximum Gasteiger partial charge on any atom is 0.286 e. The lowest BCUT2D eigenvalue weighted by Gasteiger charge is -2.13. The first kappa shape index (κ1) is 19.5. The molecule has 0 radical (unpaired) electrons. The Morgan fingerprint density at radius 3 is 2.82 bits per heavy atom. The predicted octanol–water partition coefficient (Wildman–Crippen LogP) is 0.334. The number of carbonyl (C=O) groups is 2. The normalized spacial score (nSPS) is 18.7. The van der Waals surface area contributed by atoms with Crippen LogP contribution >= 0.6 is 0 Å². The highest BCUT2D eigenvalue weighted by Gasteiger charge is 2.42. The highest BCUT2D eigenvalue weighted by Crippen LogP contribution is 2.22. The number of likely N-dealkylation sites (N-methyl/N-ethyl adjacent to an activating group) is 1. The van der Waals surface area contributed by atoms with E-state index in [0.717, 1.165) is 0 Å². The van der Waals surface area contributed by atoms with Crippen molar-refractivity contribution in [2.75, 3.05) is 20.7 Å². The van der Waals surface area contributed by atoms with E-state index in [0.29, 0.717) is 29.1 Å². The van der Waals surface area contributed by atoms with Crippen molar-refractivity contribution in [1.82, 2.24) is 14.9 Å². The second-order valence-corrected chi connectivity index (χ2v) is 6.53. The molecule has 1 aliphatic heterocycles. The molecule has 1 aromatic heterocycles. The summed E-state index contributed by atoms with van der Waals surface area (Å²) in [5.41, 5.74) is 5.96. The van der Waals surface area contributed by atoms with E-state index < -0.39 is 17.4 Å². The van der Waals surface area contributed by atoms with Gasteiger partial charge in [0.1, 0.15) is 0 Å². The molecule has 8 nitrogen and oxygen atoms in total. The van der Waals surface area contributed by atoms with E-state index in [4.69, 9.17) is 10.5 Å². The van der Waals surface area contributed by atoms with Crippen molar-refractivity contribution in [3.63, 3.8) is 0 Å². The topological polar surface area (TPSA) is 119 Å². The minimum atomic E-state index is -1.66. The monoisotopic (exact) mass is 380 g/mol. The Hall–Kier alpha value is -3.28. The first-order valence-corrected chi connectivity index (χ1v) is 8.60. The highest BCUT2D eigenvalue weighted by atomic mass is 16.5. The molecule has 28 heavy (non-hydrogen) atoms. The van der Waals surface area contributed by atoms with E-state index in [1.165, 1.54) is 12.0 Å². The van der Waals surface area contributed by atoms with Crippen LogP contribution in [0.3, 0.4) is 0 Å². The van der Waals surface area contributed by atoms with Crippen LogP contribution in [0.1, 0.15) is 28.3 Å². The number of likely N-dealkylation sites (tertiary alicyclic amines) is 1. The number of nitrogens with two attached hydrogens (primary N) is 1. The van der Waals surface area contributed by atoms with Gasteiger partial charge in [-0.2, -0.15) is 0 Å². The van der Waals surface area contributed by atoms with Crippen LogP contribution in [0.5, 0.6) is 0 Å². The summed E-state index contributed by atoms with van der Waals surface area (Å²) in [6.45, 7) is 0.668. The lowest BCUT2D eigenvalue weighted by atomic mass is 10.0. The van der Waals surface area contributed by atoms with Gasteiger partial charge in [0.05, 0.1) is 18.0 Å². The average Bonchev–Trinajstić information content (AvgIpc) is 2.95. The molecule has 144 valence electrons. The van der Waals surface area contributed by atoms with Crippen LogP contribution in [0, 0.1) is 11.8 Å². The van der Waals surface area contributed by atoms with Gasteiger partial charge < -0.3 is 20.5 Å². The van der Waals surface area contributed by atoms with E-state index in [2.05, 4.69) is 21.8 Å². The molecule has 8 heteroatoms. The van der Waals surface area contributed by atoms with Crippen LogP contribution in [0.25, 0.3) is 11.3 Å². The first-order valence-electron chi connectivity index (χ1n) is 8.60. The van der Waals surface area contributed by atoms with E-state index in [1.54, 1.807) is 37.4 Å². The fourth-order valence-corrected chi connectivity index (χ4v) is 2.88. The van der Waals surface area contributed by atoms with Gasteiger partial charge in [0.2, 0.25) is 11.4 Å². The molecule has 1 atom stereocenters. The molecule has 0 saturated carbocycles. The molecule has 2 heterocycles. The number of methoxy groups -OCH3 is 1. The third-order valence-corrected chi connectivity index (χ3v) is 4.37. The summed E-state index contributed by atoms with van der Waals surface area (Å²) in [6.07, 6.45) is 0.267. The number of aromatic nitrogens is 2. The summed E-state index contributed by atoms with van der Waals surface area (Å²) >= 11 is 0. The van der Waals surface area contributed by atoms with Crippen LogP contribution in [0.4, 0.5) is 0 Å². The number of hydrogen-bond acceptors (Lipinski definition) is 6. The van der Waals surface area contributed by atoms with Crippen molar-refractivity contribution < 1.29 is 19.4 Å². The summed E-state index contributed by atoms with van der Waals surface area (Å²) in [5, 5.41) is 10.4. The zero-order chi connectivity index (χ0) is 20.3. The van der Waals surface area contributed by atoms with Gasteiger partial charge in [0.25, 0.3) is 11.8 Å². The number of benzene rings is 1. The maximum atomic E-state index is 12.0. The van der Waals surface area contributed by atoms with Gasteiger partial charge >= 0.3 is 0 Å². The molecular formula is C20H20N4O4. The van der Waals surface area contributed by atoms with Crippen molar-refractivity contribution >= 4 is 11.8 Å². The van der Waals surface area contributed by atoms with Crippen LogP contribution in [0.15, 0.2) is 30.3 Å². The molecule has 0 aliphatic carbocycles. The molecule has 1 aromatic carbocycles. The second-order valence-electron chi connectivity index (χ2n) is 6.53. The van der Waals surface area contributed by atoms with Crippen LogP contribution in [0.2, 0.25) is 0 Å². The molecule has 1 saturated heterocycles. The van der Waals surface area contributed by atoms with Crippen LogP contribution in [-0.2, 0) is 16.1 Å². The average molecular weight is 380 g/mol. The van der Waals surface area contributed by atoms with Gasteiger partial charge in [0, 0.05) is 38.2 Å². The summed E-state index contributed by atoms with van der Waals surface area (Å²) in [7, 11) is 3.15. The number of nitrogens with zero attached hydrogens (tertiary/aromatic N) is 3. The van der Waals surface area contributed by atoms with Crippen molar-refractivity contribution in [1.29, 1.82) is 0 Å². The standard InChI is InChI=1S/C20H20N4O4/c1-24-9-8-20(27,19(24)26)7-6-13-4-3-5-14(10-13)16-11-15(12-28-2)22-18(23-16)17(21)25/h3-5,10-11,27H,8-9,12H2,1-2H3,(H2,21,25)/t20-/m0/s1. The minimum Gasteiger partial charge on any atom is -0.378 e. The van der Waals surface area contributed by atoms with E-state index in [1.807, 2.05) is 0 Å². The van der Waals surface area contributed by atoms with Crippen molar-refractivity contribution in [3.05, 3.63) is 47.4 Å². The van der Waals surface area contributed by atoms with Gasteiger partial charge in [-0.1, -0.05) is 24.0 Å². The Morgan fingerprint density at radius 1 is 1.39 bits per heavy atom. The number of carbonyl (C=O) groups excluding carboxylic acids is 2. The fraction of sp³-hybridized carbons (Fsp3) is 0.300. The molecule has 0 spiro atoms. The molecule has 3 rings (SSSR count). The van der Waals surface area contributed by atoms with Crippen molar-refractivity contribution in [3.8, 4) is 23.1 Å². The van der Waals surface area contributed by atoms with Crippen molar-refractivity contribution in [2.45, 2.75) is 18.6 Å². The predicted molar refractivity (Wildman–Crippen MR) is 101 cm³/mol. The van der Waals surface area contributed by atoms with Crippen LogP contribution < -0.4 is 5.73 Å². The molecule has 1 aliphatic rings. The largest absolute Gasteiger partial charge is 0.378 e. The maximum absolute atomic E-state index is 12.0. The zero-order valence-corrected chi connectivity index (χ0v) is 15.6. The quantitative estimate of drug-likeness (QED) is 0.738. The van der Waals surface area contributed by atoms with E-state index in [9.17, 15) is 14.7 Å². The Bertz CT molecular complexity index is 995. The number of aliphatic hydroxyl groups is 1. The summed E-state index contributed by atoms with van der Waals surface area (Å²) in [5.74, 6) is 4.30. The van der Waals surface area contributed by atoms with Crippen LogP contribution in [-0.4, -0.2) is 58.1 Å². The Balaban J connectivity index is 1.96. The lowest BCUT2D eigenvalue weighted by molar-refractivity contribution is -0.137. The van der Waals surface area contributed by atoms with Crippen molar-refractivity contribution in [2.24, 2.45) is 5.73 Å². The molecule has 2 amide bonds. The third kappa shape index (κ3) is 4.01. The summed E-state index contributed by atoms with van der Waals surface area (Å²) in [4.78, 5) is 33.3. The highest BCUT2D eigenvalue weighted by molar-refractivity contribution is 5.90. The SMILES string of the molecule is COCc1cc(-c2cccc(C#C[C@]3(O)CCN(C)C3=O)c2)nc(C(N)=O)n1. The molecular weight excluding hydrogens is 360 g/mol. The van der Waals surface area contributed by atoms with Gasteiger partial charge in [-0.3, -0.25) is 9.59 Å². The lowest BCUT2D eigenvalue weighted by Crippen LogP contribution is -2.37. The van der Waals surface area contributed by atoms with Gasteiger partial charge in [-0.15, -0.1) is 0 Å². The summed E-state index contributed by atoms with van der Waals surface area (Å²) in [6, 6.07) is 8.79. The first-order chi connectivity index (χ1) is 13.3. The number of hydrogen-bond donors (Lipinski definition) is 2. The third-order valence-electron chi connectivity index (χ3n) is 4.37. The number of amides is 2. The second kappa shape index (κ2) is 7.76. The Kier molecular flexibility index (Phi) is 5.40. The number of rotatable bonds is 4. The van der Waals surface area contributed by atoms with Gasteiger partial charge in [-0.25, -0.2) is 9.97 Å². The molecule has 0 bridgehead atoms. The Morgan fingerprint density at radius 2 is 2.18 bits per heavy atom. The number of primary amides is 1. The van der Waals surface area contributed by atoms with Gasteiger partial charge in [-0.05, 0) is 18.2 Å². The molecule has 2 aromatic rings. The fourth-order valence-electron chi connectivity index (χ4n) is 2.88. The zero-order valence-electron chi connectivity index (χ0n) is 15.6. The molecule has 1 fully saturated rings. The van der Waals surface area contributed by atoms with E-state index in [-0.39, 0.29) is 18.9 Å². The molecule has 0 unspecified atom stereocenters. The van der Waals surface area contributed by atoms with E-state index >= 15 is 0 Å².